The van der Waals surface area contributed by atoms with Crippen LogP contribution >= 0.6 is 0 Å². The van der Waals surface area contributed by atoms with Gasteiger partial charge in [0.25, 0.3) is 5.91 Å². The van der Waals surface area contributed by atoms with Crippen LogP contribution in [0.2, 0.25) is 0 Å². The second-order valence-corrected chi connectivity index (χ2v) is 6.42. The molecule has 0 bridgehead atoms. The lowest BCUT2D eigenvalue weighted by Gasteiger charge is -2.20. The van der Waals surface area contributed by atoms with Crippen LogP contribution < -0.4 is 5.32 Å². The van der Waals surface area contributed by atoms with Gasteiger partial charge in [-0.1, -0.05) is 55.3 Å². The summed E-state index contributed by atoms with van der Waals surface area (Å²) in [5.74, 6) is -0.195. The minimum atomic E-state index is -0.206. The fourth-order valence-electron chi connectivity index (χ4n) is 3.13. The summed E-state index contributed by atoms with van der Waals surface area (Å²) in [6.07, 6.45) is 4.48. The third-order valence-electron chi connectivity index (χ3n) is 4.61. The minimum absolute atomic E-state index is 0.0103. The molecular formula is C21H24N2O2. The van der Waals surface area contributed by atoms with Crippen molar-refractivity contribution in [3.63, 3.8) is 0 Å². The molecule has 0 aliphatic carbocycles. The van der Waals surface area contributed by atoms with E-state index in [1.807, 2.05) is 47.4 Å². The largest absolute Gasteiger partial charge is 0.343 e. The Bertz CT molecular complexity index is 702. The van der Waals surface area contributed by atoms with Crippen LogP contribution in [0.4, 0.5) is 0 Å². The number of carbonyl (C=O) groups excluding carboxylic acids is 2. The molecule has 1 saturated heterocycles. The third-order valence-corrected chi connectivity index (χ3v) is 4.61. The summed E-state index contributed by atoms with van der Waals surface area (Å²) in [5.41, 5.74) is 2.76. The molecule has 4 nitrogen and oxygen atoms in total. The number of hydrogen-bond acceptors (Lipinski definition) is 2. The van der Waals surface area contributed by atoms with Crippen LogP contribution in [-0.2, 0) is 4.79 Å². The number of carbonyl (C=O) groups is 2. The van der Waals surface area contributed by atoms with E-state index in [9.17, 15) is 9.59 Å². The maximum absolute atomic E-state index is 12.3. The molecule has 0 unspecified atom stereocenters. The Morgan fingerprint density at radius 1 is 0.800 bits per heavy atom. The zero-order valence-corrected chi connectivity index (χ0v) is 14.4. The molecule has 2 amide bonds. The predicted molar refractivity (Wildman–Crippen MR) is 99.3 cm³/mol. The molecule has 1 fully saturated rings. The Labute approximate surface area is 148 Å². The van der Waals surface area contributed by atoms with Crippen molar-refractivity contribution in [2.75, 3.05) is 19.6 Å². The number of amides is 2. The molecule has 2 aromatic rings. The van der Waals surface area contributed by atoms with Crippen LogP contribution in [0.3, 0.4) is 0 Å². The molecule has 1 heterocycles. The van der Waals surface area contributed by atoms with E-state index in [4.69, 9.17) is 0 Å². The summed E-state index contributed by atoms with van der Waals surface area (Å²) in [5, 5.41) is 2.75. The highest BCUT2D eigenvalue weighted by molar-refractivity contribution is 5.96. The highest BCUT2D eigenvalue weighted by Gasteiger charge is 2.16. The zero-order valence-electron chi connectivity index (χ0n) is 14.4. The van der Waals surface area contributed by atoms with Crippen LogP contribution in [0.25, 0.3) is 11.1 Å². The van der Waals surface area contributed by atoms with Crippen LogP contribution in [0.1, 0.15) is 36.0 Å². The van der Waals surface area contributed by atoms with Gasteiger partial charge in [0.2, 0.25) is 5.91 Å². The van der Waals surface area contributed by atoms with Gasteiger partial charge in [-0.05, 0) is 36.1 Å². The smallest absolute Gasteiger partial charge is 0.251 e. The van der Waals surface area contributed by atoms with E-state index in [0.717, 1.165) is 37.1 Å². The first-order chi connectivity index (χ1) is 12.2. The van der Waals surface area contributed by atoms with Crippen LogP contribution in [0.15, 0.2) is 54.6 Å². The molecule has 1 aliphatic rings. The number of nitrogens with zero attached hydrogens (tertiary/aromatic N) is 1. The Morgan fingerprint density at radius 3 is 2.04 bits per heavy atom. The van der Waals surface area contributed by atoms with Crippen LogP contribution in [0, 0.1) is 0 Å². The fourth-order valence-corrected chi connectivity index (χ4v) is 3.13. The van der Waals surface area contributed by atoms with Crippen molar-refractivity contribution in [1.29, 1.82) is 0 Å². The second kappa shape index (κ2) is 8.47. The monoisotopic (exact) mass is 336 g/mol. The van der Waals surface area contributed by atoms with Crippen LogP contribution in [0.5, 0.6) is 0 Å². The topological polar surface area (TPSA) is 49.4 Å². The number of likely N-dealkylation sites (tertiary alicyclic amines) is 1. The first-order valence-electron chi connectivity index (χ1n) is 8.95. The number of benzene rings is 2. The van der Waals surface area contributed by atoms with Gasteiger partial charge in [0.15, 0.2) is 0 Å². The summed E-state index contributed by atoms with van der Waals surface area (Å²) in [4.78, 5) is 26.4. The Morgan fingerprint density at radius 2 is 1.40 bits per heavy atom. The van der Waals surface area contributed by atoms with Crippen molar-refractivity contribution >= 4 is 11.8 Å². The Hall–Kier alpha value is -2.62. The van der Waals surface area contributed by atoms with E-state index >= 15 is 0 Å². The second-order valence-electron chi connectivity index (χ2n) is 6.42. The number of nitrogens with one attached hydrogen (secondary N) is 1. The molecule has 130 valence electrons. The molecule has 4 heteroatoms. The molecule has 2 aromatic carbocycles. The van der Waals surface area contributed by atoms with Crippen molar-refractivity contribution in [1.82, 2.24) is 10.2 Å². The molecule has 1 N–H and O–H groups in total. The Kier molecular flexibility index (Phi) is 5.83. The summed E-state index contributed by atoms with van der Waals surface area (Å²) < 4.78 is 0. The fraction of sp³-hybridized carbons (Fsp3) is 0.333. The van der Waals surface area contributed by atoms with E-state index in [1.54, 1.807) is 12.1 Å². The highest BCUT2D eigenvalue weighted by Crippen LogP contribution is 2.19. The molecular weight excluding hydrogens is 312 g/mol. The van der Waals surface area contributed by atoms with Gasteiger partial charge in [0, 0.05) is 18.7 Å². The van der Waals surface area contributed by atoms with Crippen LogP contribution in [-0.4, -0.2) is 36.3 Å². The van der Waals surface area contributed by atoms with Gasteiger partial charge in [-0.3, -0.25) is 9.59 Å². The van der Waals surface area contributed by atoms with Crippen molar-refractivity contribution in [3.05, 3.63) is 60.2 Å². The summed E-state index contributed by atoms with van der Waals surface area (Å²) in [6, 6.07) is 17.5. The zero-order chi connectivity index (χ0) is 17.5. The number of hydrogen-bond donors (Lipinski definition) is 1. The van der Waals surface area contributed by atoms with E-state index in [1.165, 1.54) is 12.8 Å². The van der Waals surface area contributed by atoms with Gasteiger partial charge < -0.3 is 10.2 Å². The molecule has 0 atom stereocenters. The van der Waals surface area contributed by atoms with Crippen molar-refractivity contribution < 1.29 is 9.59 Å². The van der Waals surface area contributed by atoms with E-state index < -0.39 is 0 Å². The average molecular weight is 336 g/mol. The third kappa shape index (κ3) is 4.69. The molecule has 25 heavy (non-hydrogen) atoms. The van der Waals surface area contributed by atoms with Crippen molar-refractivity contribution in [2.24, 2.45) is 0 Å². The standard InChI is InChI=1S/C21H24N2O2/c24-20(23-14-6-1-2-7-15-23)16-22-21(25)19-12-10-18(11-13-19)17-8-4-3-5-9-17/h3-5,8-13H,1-2,6-7,14-16H2,(H,22,25). The van der Waals surface area contributed by atoms with Gasteiger partial charge in [-0.25, -0.2) is 0 Å². The molecule has 0 aromatic heterocycles. The molecule has 0 spiro atoms. The minimum Gasteiger partial charge on any atom is -0.343 e. The quantitative estimate of drug-likeness (QED) is 0.929. The van der Waals surface area contributed by atoms with Gasteiger partial charge in [0.05, 0.1) is 6.54 Å². The van der Waals surface area contributed by atoms with Gasteiger partial charge in [-0.15, -0.1) is 0 Å². The molecule has 0 saturated carbocycles. The number of rotatable bonds is 4. The van der Waals surface area contributed by atoms with E-state index in [-0.39, 0.29) is 18.4 Å². The van der Waals surface area contributed by atoms with Crippen molar-refractivity contribution in [2.45, 2.75) is 25.7 Å². The molecule has 1 aliphatic heterocycles. The van der Waals surface area contributed by atoms with Gasteiger partial charge >= 0.3 is 0 Å². The Balaban J connectivity index is 1.55. The SMILES string of the molecule is O=C(NCC(=O)N1CCCCCC1)c1ccc(-c2ccccc2)cc1. The first-order valence-corrected chi connectivity index (χ1v) is 8.95. The summed E-state index contributed by atoms with van der Waals surface area (Å²) in [7, 11) is 0. The maximum atomic E-state index is 12.3. The lowest BCUT2D eigenvalue weighted by Crippen LogP contribution is -2.40. The first kappa shape index (κ1) is 17.2. The lowest BCUT2D eigenvalue weighted by molar-refractivity contribution is -0.130. The predicted octanol–water partition coefficient (Wildman–Crippen LogP) is 3.49. The van der Waals surface area contributed by atoms with Gasteiger partial charge in [-0.2, -0.15) is 0 Å². The normalized spacial score (nSPS) is 14.6. The van der Waals surface area contributed by atoms with Gasteiger partial charge in [0.1, 0.15) is 0 Å². The maximum Gasteiger partial charge on any atom is 0.251 e. The molecule has 3 rings (SSSR count). The van der Waals surface area contributed by atoms with E-state index in [0.29, 0.717) is 5.56 Å². The molecule has 0 radical (unpaired) electrons. The van der Waals surface area contributed by atoms with Crippen molar-refractivity contribution in [3.8, 4) is 11.1 Å². The average Bonchev–Trinajstić information content (AvgIpc) is 2.96. The summed E-state index contributed by atoms with van der Waals surface area (Å²) >= 11 is 0. The lowest BCUT2D eigenvalue weighted by atomic mass is 10.0. The highest BCUT2D eigenvalue weighted by atomic mass is 16.2. The van der Waals surface area contributed by atoms with E-state index in [2.05, 4.69) is 5.32 Å². The summed E-state index contributed by atoms with van der Waals surface area (Å²) in [6.45, 7) is 1.68.